The van der Waals surface area contributed by atoms with Crippen LogP contribution < -0.4 is 4.74 Å². The van der Waals surface area contributed by atoms with E-state index in [9.17, 15) is 13.9 Å². The fraction of sp³-hybridized carbons (Fsp3) is 0.364. The van der Waals surface area contributed by atoms with Crippen LogP contribution in [-0.2, 0) is 0 Å². The summed E-state index contributed by atoms with van der Waals surface area (Å²) in [6, 6.07) is 13.8. The molecule has 0 bridgehead atoms. The average Bonchev–Trinajstić information content (AvgIpc) is 3.18. The smallest absolute Gasteiger partial charge is 0.257 e. The minimum Gasteiger partial charge on any atom is -0.490 e. The largest absolute Gasteiger partial charge is 0.490 e. The lowest BCUT2D eigenvalue weighted by Crippen LogP contribution is -2.37. The first kappa shape index (κ1) is 17.6. The highest BCUT2D eigenvalue weighted by Gasteiger charge is 2.71. The number of fused-ring (bicyclic) bond motifs is 2. The number of furan rings is 1. The zero-order valence-corrected chi connectivity index (χ0v) is 15.2. The molecule has 3 atom stereocenters. The second-order valence-electron chi connectivity index (χ2n) is 7.74. The van der Waals surface area contributed by atoms with Gasteiger partial charge in [-0.05, 0) is 22.9 Å². The van der Waals surface area contributed by atoms with E-state index in [0.717, 1.165) is 21.9 Å². The van der Waals surface area contributed by atoms with Crippen LogP contribution in [0.5, 0.6) is 5.75 Å². The maximum Gasteiger partial charge on any atom is 0.257 e. The van der Waals surface area contributed by atoms with Crippen LogP contribution in [0.2, 0.25) is 0 Å². The van der Waals surface area contributed by atoms with Crippen molar-refractivity contribution in [3.05, 3.63) is 55.0 Å². The van der Waals surface area contributed by atoms with Crippen LogP contribution in [0.25, 0.3) is 21.9 Å². The third kappa shape index (κ3) is 2.97. The fourth-order valence-electron chi connectivity index (χ4n) is 4.35. The van der Waals surface area contributed by atoms with E-state index in [0.29, 0.717) is 25.4 Å². The van der Waals surface area contributed by atoms with E-state index in [2.05, 4.69) is 0 Å². The molecule has 4 nitrogen and oxygen atoms in total. The maximum absolute atomic E-state index is 13.3. The minimum absolute atomic E-state index is 0.103. The normalized spacial score (nSPS) is 24.2. The lowest BCUT2D eigenvalue weighted by atomic mass is 9.99. The minimum atomic E-state index is -2.50. The molecule has 0 amide bonds. The molecule has 1 aromatic heterocycles. The SMILES string of the molecule is OC(COc1ccc2ccccc2c1-c1ccoc1)CN1CC2C(C1)C2(F)F. The van der Waals surface area contributed by atoms with E-state index in [1.807, 2.05) is 47.4 Å². The highest BCUT2D eigenvalue weighted by molar-refractivity contribution is 5.99. The third-order valence-corrected chi connectivity index (χ3v) is 5.88. The van der Waals surface area contributed by atoms with Crippen molar-refractivity contribution in [2.45, 2.75) is 12.0 Å². The number of halogens is 2. The number of ether oxygens (including phenoxy) is 1. The first-order valence-electron chi connectivity index (χ1n) is 9.49. The Morgan fingerprint density at radius 3 is 2.68 bits per heavy atom. The molecular weight excluding hydrogens is 364 g/mol. The van der Waals surface area contributed by atoms with Gasteiger partial charge in [-0.3, -0.25) is 4.90 Å². The number of aliphatic hydroxyl groups is 1. The van der Waals surface area contributed by atoms with Crippen LogP contribution in [0.4, 0.5) is 8.78 Å². The number of likely N-dealkylation sites (tertiary alicyclic amines) is 1. The van der Waals surface area contributed by atoms with Gasteiger partial charge in [0.05, 0.1) is 12.5 Å². The van der Waals surface area contributed by atoms with Crippen LogP contribution in [0.3, 0.4) is 0 Å². The van der Waals surface area contributed by atoms with Crippen LogP contribution >= 0.6 is 0 Å². The van der Waals surface area contributed by atoms with E-state index in [4.69, 9.17) is 9.15 Å². The Labute approximate surface area is 161 Å². The monoisotopic (exact) mass is 385 g/mol. The summed E-state index contributed by atoms with van der Waals surface area (Å²) in [5.41, 5.74) is 1.82. The van der Waals surface area contributed by atoms with Crippen molar-refractivity contribution in [3.63, 3.8) is 0 Å². The Morgan fingerprint density at radius 1 is 1.14 bits per heavy atom. The number of rotatable bonds is 6. The lowest BCUT2D eigenvalue weighted by molar-refractivity contribution is 0.0303. The molecule has 3 aromatic rings. The quantitative estimate of drug-likeness (QED) is 0.696. The molecule has 2 aliphatic rings. The summed E-state index contributed by atoms with van der Waals surface area (Å²) < 4.78 is 37.8. The molecule has 6 heteroatoms. The topological polar surface area (TPSA) is 45.8 Å². The predicted molar refractivity (Wildman–Crippen MR) is 102 cm³/mol. The number of piperidine rings is 1. The zero-order chi connectivity index (χ0) is 19.3. The molecular formula is C22H21F2NO3. The van der Waals surface area contributed by atoms with Gasteiger partial charge in [0.2, 0.25) is 0 Å². The molecule has 1 N–H and O–H groups in total. The number of alkyl halides is 2. The number of hydrogen-bond acceptors (Lipinski definition) is 4. The van der Waals surface area contributed by atoms with Gasteiger partial charge in [0.15, 0.2) is 0 Å². The molecule has 2 heterocycles. The number of nitrogens with zero attached hydrogens (tertiary/aromatic N) is 1. The molecule has 146 valence electrons. The highest BCUT2D eigenvalue weighted by atomic mass is 19.3. The number of benzene rings is 2. The molecule has 2 fully saturated rings. The van der Waals surface area contributed by atoms with Crippen molar-refractivity contribution < 1.29 is 23.0 Å². The van der Waals surface area contributed by atoms with Gasteiger partial charge >= 0.3 is 0 Å². The van der Waals surface area contributed by atoms with Gasteiger partial charge in [0.25, 0.3) is 5.92 Å². The summed E-state index contributed by atoms with van der Waals surface area (Å²) in [5.74, 6) is -2.90. The predicted octanol–water partition coefficient (Wildman–Crippen LogP) is 4.04. The standard InChI is InChI=1S/C22H21F2NO3/c23-22(24)18-10-25(11-19(18)22)9-16(26)13-28-20-6-5-14-3-1-2-4-17(14)21(20)15-7-8-27-12-15/h1-8,12,16,18-19,26H,9-11,13H2. The van der Waals surface area contributed by atoms with Crippen molar-refractivity contribution in [2.24, 2.45) is 11.8 Å². The Bertz CT molecular complexity index is 975. The third-order valence-electron chi connectivity index (χ3n) is 5.88. The van der Waals surface area contributed by atoms with Gasteiger partial charge in [-0.15, -0.1) is 0 Å². The Hall–Kier alpha value is -2.44. The molecule has 1 saturated carbocycles. The first-order chi connectivity index (χ1) is 13.5. The average molecular weight is 385 g/mol. The van der Waals surface area contributed by atoms with E-state index in [1.54, 1.807) is 12.5 Å². The second kappa shape index (κ2) is 6.57. The summed E-state index contributed by atoms with van der Waals surface area (Å²) in [6.07, 6.45) is 2.54. The fourth-order valence-corrected chi connectivity index (χ4v) is 4.35. The zero-order valence-electron chi connectivity index (χ0n) is 15.2. The molecule has 28 heavy (non-hydrogen) atoms. The summed E-state index contributed by atoms with van der Waals surface area (Å²) in [6.45, 7) is 1.15. The molecule has 2 aromatic carbocycles. The van der Waals surface area contributed by atoms with Crippen molar-refractivity contribution in [1.29, 1.82) is 0 Å². The van der Waals surface area contributed by atoms with Crippen molar-refractivity contribution >= 4 is 10.8 Å². The van der Waals surface area contributed by atoms with Crippen LogP contribution in [-0.4, -0.2) is 48.3 Å². The molecule has 1 saturated heterocycles. The Morgan fingerprint density at radius 2 is 1.93 bits per heavy atom. The van der Waals surface area contributed by atoms with E-state index < -0.39 is 23.9 Å². The molecule has 5 rings (SSSR count). The lowest BCUT2D eigenvalue weighted by Gasteiger charge is -2.23. The highest BCUT2D eigenvalue weighted by Crippen LogP contribution is 2.59. The van der Waals surface area contributed by atoms with Crippen LogP contribution in [0.1, 0.15) is 0 Å². The molecule has 1 aliphatic heterocycles. The van der Waals surface area contributed by atoms with E-state index in [-0.39, 0.29) is 6.61 Å². The molecule has 0 radical (unpaired) electrons. The molecule has 3 unspecified atom stereocenters. The van der Waals surface area contributed by atoms with Gasteiger partial charge in [0, 0.05) is 42.6 Å². The second-order valence-corrected chi connectivity index (χ2v) is 7.74. The van der Waals surface area contributed by atoms with Gasteiger partial charge < -0.3 is 14.3 Å². The number of β-amino-alcohol motifs (C(OH)–C–C–N with tert-alkyl or cyclic N) is 1. The Balaban J connectivity index is 1.30. The van der Waals surface area contributed by atoms with Crippen molar-refractivity contribution in [1.82, 2.24) is 4.90 Å². The van der Waals surface area contributed by atoms with Crippen molar-refractivity contribution in [3.8, 4) is 16.9 Å². The van der Waals surface area contributed by atoms with Crippen molar-refractivity contribution in [2.75, 3.05) is 26.2 Å². The summed E-state index contributed by atoms with van der Waals surface area (Å²) in [5, 5.41) is 12.5. The molecule has 1 aliphatic carbocycles. The van der Waals surface area contributed by atoms with Crippen LogP contribution in [0, 0.1) is 11.8 Å². The number of hydrogen-bond donors (Lipinski definition) is 1. The van der Waals surface area contributed by atoms with E-state index in [1.165, 1.54) is 0 Å². The van der Waals surface area contributed by atoms with Gasteiger partial charge in [-0.1, -0.05) is 30.3 Å². The van der Waals surface area contributed by atoms with Gasteiger partial charge in [-0.25, -0.2) is 8.78 Å². The Kier molecular flexibility index (Phi) is 4.14. The summed E-state index contributed by atoms with van der Waals surface area (Å²) >= 11 is 0. The first-order valence-corrected chi connectivity index (χ1v) is 9.49. The van der Waals surface area contributed by atoms with Crippen LogP contribution in [0.15, 0.2) is 59.4 Å². The summed E-state index contributed by atoms with van der Waals surface area (Å²) in [4.78, 5) is 1.90. The van der Waals surface area contributed by atoms with E-state index >= 15 is 0 Å². The maximum atomic E-state index is 13.3. The number of aliphatic hydroxyl groups excluding tert-OH is 1. The van der Waals surface area contributed by atoms with Gasteiger partial charge in [-0.2, -0.15) is 0 Å². The van der Waals surface area contributed by atoms with Gasteiger partial charge in [0.1, 0.15) is 18.5 Å². The molecule has 0 spiro atoms. The summed E-state index contributed by atoms with van der Waals surface area (Å²) in [7, 11) is 0.